The van der Waals surface area contributed by atoms with Gasteiger partial charge in [0.05, 0.1) is 6.42 Å². The highest BCUT2D eigenvalue weighted by Gasteiger charge is 2.14. The van der Waals surface area contributed by atoms with Crippen molar-refractivity contribution in [2.45, 2.75) is 25.4 Å². The number of hydrogen-bond acceptors (Lipinski definition) is 5. The second kappa shape index (κ2) is 8.48. The summed E-state index contributed by atoms with van der Waals surface area (Å²) in [7, 11) is 3.47. The molecule has 0 aromatic heterocycles. The maximum absolute atomic E-state index is 10.1. The maximum atomic E-state index is 10.1. The highest BCUT2D eigenvalue weighted by Crippen LogP contribution is 1.88. The van der Waals surface area contributed by atoms with Crippen LogP contribution in [0.5, 0.6) is 0 Å². The smallest absolute Gasteiger partial charge is 0.321 e. The van der Waals surface area contributed by atoms with Crippen molar-refractivity contribution in [3.05, 3.63) is 0 Å². The quantitative estimate of drug-likeness (QED) is 0.481. The number of nitrogens with two attached hydrogens (primary N) is 1. The van der Waals surface area contributed by atoms with Crippen LogP contribution in [-0.2, 0) is 14.4 Å². The first-order valence-electron chi connectivity index (χ1n) is 4.69. The second-order valence-electron chi connectivity index (χ2n) is 3.52. The molecule has 0 aromatic carbocycles. The van der Waals surface area contributed by atoms with E-state index in [0.717, 1.165) is 0 Å². The van der Waals surface area contributed by atoms with Crippen molar-refractivity contribution in [2.24, 2.45) is 5.73 Å². The Balaban J connectivity index is 0. The Morgan fingerprint density at radius 2 is 1.53 bits per heavy atom. The third-order valence-electron chi connectivity index (χ3n) is 1.84. The monoisotopic (exact) mass is 250 g/mol. The Kier molecular flexibility index (Phi) is 8.84. The van der Waals surface area contributed by atoms with Gasteiger partial charge in [-0.05, 0) is 21.0 Å². The number of carboxylic acid groups (broad SMARTS) is 3. The molecule has 0 saturated carbocycles. The largest absolute Gasteiger partial charge is 0.481 e. The molecule has 0 amide bonds. The van der Waals surface area contributed by atoms with Crippen LogP contribution in [0, 0.1) is 0 Å². The minimum absolute atomic E-state index is 0.380. The molecule has 0 rings (SSSR count). The summed E-state index contributed by atoms with van der Waals surface area (Å²) in [5, 5.41) is 24.3. The Morgan fingerprint density at radius 3 is 1.59 bits per heavy atom. The summed E-state index contributed by atoms with van der Waals surface area (Å²) in [6.07, 6.45) is -0.532. The summed E-state index contributed by atoms with van der Waals surface area (Å²) in [5.41, 5.74) is 4.84. The van der Waals surface area contributed by atoms with E-state index in [1.165, 1.54) is 0 Å². The van der Waals surface area contributed by atoms with Crippen LogP contribution in [0.3, 0.4) is 0 Å². The maximum Gasteiger partial charge on any atom is 0.321 e. The van der Waals surface area contributed by atoms with Gasteiger partial charge in [0.25, 0.3) is 0 Å². The molecular weight excluding hydrogens is 232 g/mol. The predicted molar refractivity (Wildman–Crippen MR) is 58.6 cm³/mol. The minimum atomic E-state index is -1.29. The average molecular weight is 250 g/mol. The molecule has 8 heteroatoms. The van der Waals surface area contributed by atoms with Gasteiger partial charge in [-0.15, -0.1) is 0 Å². The number of nitrogens with zero attached hydrogens (tertiary/aromatic N) is 1. The van der Waals surface area contributed by atoms with E-state index in [0.29, 0.717) is 0 Å². The number of carboxylic acids is 3. The van der Waals surface area contributed by atoms with E-state index in [-0.39, 0.29) is 6.04 Å². The molecule has 0 bridgehead atoms. The molecule has 0 radical (unpaired) electrons. The third-order valence-corrected chi connectivity index (χ3v) is 1.84. The third kappa shape index (κ3) is 10.6. The van der Waals surface area contributed by atoms with E-state index in [2.05, 4.69) is 0 Å². The van der Waals surface area contributed by atoms with Gasteiger partial charge >= 0.3 is 17.9 Å². The Morgan fingerprint density at radius 1 is 1.12 bits per heavy atom. The molecule has 0 aliphatic heterocycles. The Bertz CT molecular complexity index is 279. The molecule has 8 nitrogen and oxygen atoms in total. The zero-order chi connectivity index (χ0) is 14.2. The van der Waals surface area contributed by atoms with E-state index in [1.54, 1.807) is 25.9 Å². The fourth-order valence-electron chi connectivity index (χ4n) is 0.496. The van der Waals surface area contributed by atoms with Crippen molar-refractivity contribution < 1.29 is 29.7 Å². The van der Waals surface area contributed by atoms with Crippen LogP contribution in [0.2, 0.25) is 0 Å². The number of hydrogen-bond donors (Lipinski definition) is 4. The first kappa shape index (κ1) is 17.7. The fraction of sp³-hybridized carbons (Fsp3) is 0.667. The van der Waals surface area contributed by atoms with Gasteiger partial charge in [0.15, 0.2) is 0 Å². The lowest BCUT2D eigenvalue weighted by Crippen LogP contribution is -2.32. The van der Waals surface area contributed by atoms with E-state index >= 15 is 0 Å². The topological polar surface area (TPSA) is 141 Å². The number of likely N-dealkylation sites (N-methyl/N-ethyl adjacent to an activating group) is 1. The second-order valence-corrected chi connectivity index (χ2v) is 3.52. The first-order valence-corrected chi connectivity index (χ1v) is 4.69. The van der Waals surface area contributed by atoms with Gasteiger partial charge < -0.3 is 21.1 Å². The van der Waals surface area contributed by atoms with Crippen molar-refractivity contribution in [3.63, 3.8) is 0 Å². The average Bonchev–Trinajstić information content (AvgIpc) is 2.15. The zero-order valence-corrected chi connectivity index (χ0v) is 9.95. The van der Waals surface area contributed by atoms with Crippen molar-refractivity contribution in [3.8, 4) is 0 Å². The van der Waals surface area contributed by atoms with Crippen molar-refractivity contribution in [1.29, 1.82) is 0 Å². The molecule has 100 valence electrons. The van der Waals surface area contributed by atoms with Gasteiger partial charge in [-0.3, -0.25) is 19.3 Å². The lowest BCUT2D eigenvalue weighted by Gasteiger charge is -2.13. The lowest BCUT2D eigenvalue weighted by atomic mass is 10.2. The van der Waals surface area contributed by atoms with Crippen molar-refractivity contribution >= 4 is 17.9 Å². The molecule has 2 unspecified atom stereocenters. The standard InChI is InChI=1S/C5H11NO2.C4H7NO4/c1-4(5(7)8)6(2)3;5-2(4(8)9)1-3(6)7/h4H,1-3H3,(H,7,8);2H,1,5H2,(H,6,7)(H,8,9). The first-order chi connectivity index (χ1) is 7.59. The van der Waals surface area contributed by atoms with Crippen LogP contribution in [0.15, 0.2) is 0 Å². The summed E-state index contributed by atoms with van der Waals surface area (Å²) in [6.45, 7) is 1.64. The van der Waals surface area contributed by atoms with Gasteiger partial charge in [0, 0.05) is 0 Å². The molecule has 0 aliphatic carbocycles. The molecular formula is C9H18N2O6. The van der Waals surface area contributed by atoms with Crippen LogP contribution in [-0.4, -0.2) is 64.3 Å². The Hall–Kier alpha value is -1.67. The summed E-state index contributed by atoms with van der Waals surface area (Å²) < 4.78 is 0. The van der Waals surface area contributed by atoms with Crippen molar-refractivity contribution in [1.82, 2.24) is 4.90 Å². The molecule has 2 atom stereocenters. The number of rotatable bonds is 5. The van der Waals surface area contributed by atoms with Gasteiger partial charge in [0.2, 0.25) is 0 Å². The van der Waals surface area contributed by atoms with Crippen LogP contribution in [0.4, 0.5) is 0 Å². The number of aliphatic carboxylic acids is 3. The van der Waals surface area contributed by atoms with Crippen LogP contribution in [0.1, 0.15) is 13.3 Å². The van der Waals surface area contributed by atoms with E-state index < -0.39 is 30.4 Å². The van der Waals surface area contributed by atoms with Crippen LogP contribution >= 0.6 is 0 Å². The molecule has 0 fully saturated rings. The Labute approximate surface area is 98.6 Å². The van der Waals surface area contributed by atoms with Crippen LogP contribution < -0.4 is 5.73 Å². The van der Waals surface area contributed by atoms with E-state index in [1.807, 2.05) is 0 Å². The van der Waals surface area contributed by atoms with Gasteiger partial charge in [-0.1, -0.05) is 0 Å². The highest BCUT2D eigenvalue weighted by atomic mass is 16.4. The molecule has 5 N–H and O–H groups in total. The molecule has 17 heavy (non-hydrogen) atoms. The molecule has 0 saturated heterocycles. The van der Waals surface area contributed by atoms with E-state index in [9.17, 15) is 14.4 Å². The summed E-state index contributed by atoms with van der Waals surface area (Å²) in [5.74, 6) is -3.28. The summed E-state index contributed by atoms with van der Waals surface area (Å²) in [4.78, 5) is 31.4. The molecule has 0 heterocycles. The molecule has 0 aromatic rings. The SMILES string of the molecule is CC(C(=O)O)N(C)C.NC(CC(=O)O)C(=O)O. The molecule has 0 aliphatic rings. The van der Waals surface area contributed by atoms with E-state index in [4.69, 9.17) is 21.1 Å². The summed E-state index contributed by atoms with van der Waals surface area (Å²) in [6, 6.07) is -1.67. The predicted octanol–water partition coefficient (Wildman–Crippen LogP) is -1.11. The van der Waals surface area contributed by atoms with Gasteiger partial charge in [0.1, 0.15) is 12.1 Å². The van der Waals surface area contributed by atoms with Gasteiger partial charge in [-0.25, -0.2) is 0 Å². The zero-order valence-electron chi connectivity index (χ0n) is 9.95. The number of carbonyl (C=O) groups is 3. The van der Waals surface area contributed by atoms with Gasteiger partial charge in [-0.2, -0.15) is 0 Å². The highest BCUT2D eigenvalue weighted by molar-refractivity contribution is 5.80. The fourth-order valence-corrected chi connectivity index (χ4v) is 0.496. The lowest BCUT2D eigenvalue weighted by molar-refractivity contribution is -0.144. The summed E-state index contributed by atoms with van der Waals surface area (Å²) >= 11 is 0. The van der Waals surface area contributed by atoms with Crippen molar-refractivity contribution in [2.75, 3.05) is 14.1 Å². The minimum Gasteiger partial charge on any atom is -0.481 e. The normalized spacial score (nSPS) is 13.2. The van der Waals surface area contributed by atoms with Crippen LogP contribution in [0.25, 0.3) is 0 Å². The molecule has 0 spiro atoms.